The van der Waals surface area contributed by atoms with E-state index in [9.17, 15) is 9.59 Å². The smallest absolute Gasteiger partial charge is 0.230 e. The van der Waals surface area contributed by atoms with Crippen molar-refractivity contribution in [2.75, 3.05) is 7.11 Å². The molecular formula is C14H18N2O3. The number of aryl methyl sites for hydroxylation is 1. The number of hydrogen-bond donors (Lipinski definition) is 1. The molecule has 0 spiro atoms. The number of piperidine rings is 1. The summed E-state index contributed by atoms with van der Waals surface area (Å²) in [6, 6.07) is 0. The highest BCUT2D eigenvalue weighted by molar-refractivity contribution is 5.98. The molecule has 1 atom stereocenters. The molecule has 1 aromatic rings. The summed E-state index contributed by atoms with van der Waals surface area (Å²) in [4.78, 5) is 27.3. The Hall–Kier alpha value is -1.91. The van der Waals surface area contributed by atoms with Crippen molar-refractivity contribution >= 4 is 11.8 Å². The molecular weight excluding hydrogens is 244 g/mol. The molecule has 5 heteroatoms. The Morgan fingerprint density at radius 2 is 2.16 bits per heavy atom. The van der Waals surface area contributed by atoms with Crippen LogP contribution in [0.1, 0.15) is 29.7 Å². The minimum Gasteiger partial charge on any atom is -0.496 e. The fraction of sp³-hybridized carbons (Fsp3) is 0.500. The van der Waals surface area contributed by atoms with Crippen molar-refractivity contribution in [3.8, 4) is 5.75 Å². The first kappa shape index (κ1) is 13.5. The highest BCUT2D eigenvalue weighted by Gasteiger charge is 2.27. The zero-order valence-electron chi connectivity index (χ0n) is 11.4. The Balaban J connectivity index is 2.20. The number of hydrogen-bond acceptors (Lipinski definition) is 4. The molecule has 102 valence electrons. The van der Waals surface area contributed by atoms with Crippen molar-refractivity contribution in [3.05, 3.63) is 23.0 Å². The summed E-state index contributed by atoms with van der Waals surface area (Å²) in [5, 5.41) is 2.37. The maximum atomic E-state index is 11.8. The number of carbonyl (C=O) groups excluding carboxylic acids is 2. The highest BCUT2D eigenvalue weighted by Crippen LogP contribution is 2.27. The second-order valence-corrected chi connectivity index (χ2v) is 4.90. The third kappa shape index (κ3) is 2.75. The van der Waals surface area contributed by atoms with Gasteiger partial charge in [0.25, 0.3) is 0 Å². The summed E-state index contributed by atoms with van der Waals surface area (Å²) >= 11 is 0. The monoisotopic (exact) mass is 262 g/mol. The SMILES string of the molecule is COc1c(C)cnc(CC2CCC(=O)NC2=O)c1C. The molecule has 2 rings (SSSR count). The topological polar surface area (TPSA) is 68.3 Å². The Labute approximate surface area is 112 Å². The normalized spacial score (nSPS) is 19.2. The quantitative estimate of drug-likeness (QED) is 0.834. The van der Waals surface area contributed by atoms with Gasteiger partial charge in [-0.25, -0.2) is 0 Å². The van der Waals surface area contributed by atoms with E-state index in [-0.39, 0.29) is 17.7 Å². The Kier molecular flexibility index (Phi) is 3.83. The van der Waals surface area contributed by atoms with Crippen LogP contribution in [0, 0.1) is 19.8 Å². The van der Waals surface area contributed by atoms with Gasteiger partial charge < -0.3 is 4.74 Å². The van der Waals surface area contributed by atoms with Gasteiger partial charge in [0, 0.05) is 41.8 Å². The van der Waals surface area contributed by atoms with Crippen LogP contribution in [-0.2, 0) is 16.0 Å². The molecule has 1 aliphatic rings. The van der Waals surface area contributed by atoms with Crippen LogP contribution >= 0.6 is 0 Å². The molecule has 5 nitrogen and oxygen atoms in total. The number of ether oxygens (including phenoxy) is 1. The number of imide groups is 1. The molecule has 1 aromatic heterocycles. The number of amides is 2. The largest absolute Gasteiger partial charge is 0.496 e. The first-order valence-electron chi connectivity index (χ1n) is 6.35. The lowest BCUT2D eigenvalue weighted by Crippen LogP contribution is -2.41. The molecule has 1 unspecified atom stereocenters. The lowest BCUT2D eigenvalue weighted by molar-refractivity contribution is -0.136. The molecule has 0 bridgehead atoms. The van der Waals surface area contributed by atoms with Gasteiger partial charge in [-0.3, -0.25) is 19.9 Å². The van der Waals surface area contributed by atoms with Crippen LogP contribution < -0.4 is 10.1 Å². The maximum Gasteiger partial charge on any atom is 0.230 e. The number of carbonyl (C=O) groups is 2. The molecule has 1 N–H and O–H groups in total. The lowest BCUT2D eigenvalue weighted by Gasteiger charge is -2.21. The zero-order chi connectivity index (χ0) is 14.0. The van der Waals surface area contributed by atoms with E-state index in [1.165, 1.54) is 0 Å². The average Bonchev–Trinajstić information content (AvgIpc) is 2.36. The molecule has 0 aromatic carbocycles. The van der Waals surface area contributed by atoms with Crippen molar-refractivity contribution in [2.45, 2.75) is 33.1 Å². The molecule has 0 radical (unpaired) electrons. The summed E-state index contributed by atoms with van der Waals surface area (Å²) in [7, 11) is 1.63. The van der Waals surface area contributed by atoms with Crippen LogP contribution in [0.25, 0.3) is 0 Å². The van der Waals surface area contributed by atoms with Gasteiger partial charge in [-0.2, -0.15) is 0 Å². The van der Waals surface area contributed by atoms with Crippen LogP contribution in [0.3, 0.4) is 0 Å². The van der Waals surface area contributed by atoms with Crippen molar-refractivity contribution in [2.24, 2.45) is 5.92 Å². The third-order valence-electron chi connectivity index (χ3n) is 3.54. The summed E-state index contributed by atoms with van der Waals surface area (Å²) in [5.41, 5.74) is 2.80. The summed E-state index contributed by atoms with van der Waals surface area (Å²) in [5.74, 6) is 0.248. The summed E-state index contributed by atoms with van der Waals surface area (Å²) < 4.78 is 5.35. The van der Waals surface area contributed by atoms with Crippen LogP contribution in [0.15, 0.2) is 6.20 Å². The molecule has 2 heterocycles. The third-order valence-corrected chi connectivity index (χ3v) is 3.54. The number of pyridine rings is 1. The van der Waals surface area contributed by atoms with Gasteiger partial charge in [0.1, 0.15) is 5.75 Å². The van der Waals surface area contributed by atoms with E-state index in [1.807, 2.05) is 13.8 Å². The van der Waals surface area contributed by atoms with Crippen LogP contribution in [0.5, 0.6) is 5.75 Å². The van der Waals surface area contributed by atoms with Gasteiger partial charge in [-0.05, 0) is 20.3 Å². The second kappa shape index (κ2) is 5.38. The highest BCUT2D eigenvalue weighted by atomic mass is 16.5. The lowest BCUT2D eigenvalue weighted by atomic mass is 9.91. The number of rotatable bonds is 3. The first-order valence-corrected chi connectivity index (χ1v) is 6.35. The van der Waals surface area contributed by atoms with E-state index in [0.29, 0.717) is 19.3 Å². The fourth-order valence-corrected chi connectivity index (χ4v) is 2.44. The number of nitrogens with one attached hydrogen (secondary N) is 1. The van der Waals surface area contributed by atoms with Gasteiger partial charge in [0.15, 0.2) is 0 Å². The van der Waals surface area contributed by atoms with Gasteiger partial charge in [0.05, 0.1) is 7.11 Å². The van der Waals surface area contributed by atoms with E-state index in [0.717, 1.165) is 22.6 Å². The first-order chi connectivity index (χ1) is 9.02. The molecule has 0 aliphatic carbocycles. The number of aromatic nitrogens is 1. The van der Waals surface area contributed by atoms with E-state index in [2.05, 4.69) is 10.3 Å². The Morgan fingerprint density at radius 1 is 1.42 bits per heavy atom. The van der Waals surface area contributed by atoms with Gasteiger partial charge >= 0.3 is 0 Å². The minimum absolute atomic E-state index is 0.184. The predicted molar refractivity (Wildman–Crippen MR) is 69.8 cm³/mol. The van der Waals surface area contributed by atoms with E-state index in [1.54, 1.807) is 13.3 Å². The predicted octanol–water partition coefficient (Wildman–Crippen LogP) is 1.30. The Morgan fingerprint density at radius 3 is 2.79 bits per heavy atom. The van der Waals surface area contributed by atoms with Crippen molar-refractivity contribution in [1.29, 1.82) is 0 Å². The fourth-order valence-electron chi connectivity index (χ4n) is 2.44. The van der Waals surface area contributed by atoms with Crippen LogP contribution in [-0.4, -0.2) is 23.9 Å². The van der Waals surface area contributed by atoms with Gasteiger partial charge in [-0.15, -0.1) is 0 Å². The van der Waals surface area contributed by atoms with E-state index in [4.69, 9.17) is 4.74 Å². The number of nitrogens with zero attached hydrogens (tertiary/aromatic N) is 1. The maximum absolute atomic E-state index is 11.8. The molecule has 1 saturated heterocycles. The standard InChI is InChI=1S/C14H18N2O3/c1-8-7-15-11(9(2)13(8)19-3)6-10-4-5-12(17)16-14(10)18/h7,10H,4-6H2,1-3H3,(H,16,17,18). The van der Waals surface area contributed by atoms with Crippen molar-refractivity contribution in [1.82, 2.24) is 10.3 Å². The summed E-state index contributed by atoms with van der Waals surface area (Å²) in [6.45, 7) is 3.88. The van der Waals surface area contributed by atoms with Crippen LogP contribution in [0.2, 0.25) is 0 Å². The average molecular weight is 262 g/mol. The minimum atomic E-state index is -0.197. The van der Waals surface area contributed by atoms with Crippen molar-refractivity contribution < 1.29 is 14.3 Å². The van der Waals surface area contributed by atoms with Crippen LogP contribution in [0.4, 0.5) is 0 Å². The molecule has 2 amide bonds. The van der Waals surface area contributed by atoms with Crippen molar-refractivity contribution in [3.63, 3.8) is 0 Å². The Bertz CT molecular complexity index is 526. The molecule has 1 fully saturated rings. The molecule has 19 heavy (non-hydrogen) atoms. The van der Waals surface area contributed by atoms with Gasteiger partial charge in [-0.1, -0.05) is 0 Å². The second-order valence-electron chi connectivity index (χ2n) is 4.90. The summed E-state index contributed by atoms with van der Waals surface area (Å²) in [6.07, 6.45) is 3.29. The van der Waals surface area contributed by atoms with Gasteiger partial charge in [0.2, 0.25) is 11.8 Å². The zero-order valence-corrected chi connectivity index (χ0v) is 11.4. The van der Waals surface area contributed by atoms with E-state index < -0.39 is 0 Å². The molecule has 1 aliphatic heterocycles. The van der Waals surface area contributed by atoms with E-state index >= 15 is 0 Å². The molecule has 0 saturated carbocycles. The number of methoxy groups -OCH3 is 1.